The summed E-state index contributed by atoms with van der Waals surface area (Å²) < 4.78 is 0.148. The van der Waals surface area contributed by atoms with Gasteiger partial charge in [0.1, 0.15) is 5.75 Å². The third kappa shape index (κ3) is 3.82. The van der Waals surface area contributed by atoms with E-state index < -0.39 is 36.7 Å². The second-order valence-corrected chi connectivity index (χ2v) is 11.9. The van der Waals surface area contributed by atoms with Crippen LogP contribution in [0.3, 0.4) is 0 Å². The molecule has 3 aromatic carbocycles. The highest BCUT2D eigenvalue weighted by molar-refractivity contribution is 9.12. The molecule has 1 saturated heterocycles. The van der Waals surface area contributed by atoms with Crippen LogP contribution in [0.1, 0.15) is 24.3 Å². The minimum Gasteiger partial charge on any atom is -0.507 e. The highest BCUT2D eigenvalue weighted by Gasteiger charge is 2.56. The fraction of sp³-hybridized carbons (Fsp3) is 0.188. The molecular formula is C32H23BBrNO7. The average Bonchev–Trinajstić information content (AvgIpc) is 3.25. The van der Waals surface area contributed by atoms with E-state index in [0.717, 1.165) is 21.4 Å². The number of hydrogen-bond donors (Lipinski definition) is 3. The smallest absolute Gasteiger partial charge is 0.488 e. The first-order chi connectivity index (χ1) is 20.2. The second-order valence-electron chi connectivity index (χ2n) is 11.1. The third-order valence-corrected chi connectivity index (χ3v) is 9.59. The van der Waals surface area contributed by atoms with E-state index in [4.69, 9.17) is 0 Å². The van der Waals surface area contributed by atoms with Crippen molar-refractivity contribution < 1.29 is 34.3 Å². The number of phenolic OH excluding ortho intramolecular Hbond substituents is 1. The summed E-state index contributed by atoms with van der Waals surface area (Å²) in [5.74, 6) is -3.95. The second kappa shape index (κ2) is 9.73. The van der Waals surface area contributed by atoms with E-state index in [1.165, 1.54) is 18.2 Å². The Balaban J connectivity index is 1.39. The molecular weight excluding hydrogens is 601 g/mol. The number of allylic oxidation sites excluding steroid dienone is 6. The first-order valence-corrected chi connectivity index (χ1v) is 14.4. The summed E-state index contributed by atoms with van der Waals surface area (Å²) in [4.78, 5) is 55.9. The molecule has 10 heteroatoms. The Labute approximate surface area is 248 Å². The lowest BCUT2D eigenvalue weighted by atomic mass is 9.59. The molecule has 0 bridgehead atoms. The van der Waals surface area contributed by atoms with Crippen molar-refractivity contribution >= 4 is 68.4 Å². The molecule has 3 aliphatic carbocycles. The Kier molecular flexibility index (Phi) is 6.20. The summed E-state index contributed by atoms with van der Waals surface area (Å²) in [5, 5.41) is 31.2. The molecule has 2 amide bonds. The third-order valence-electron chi connectivity index (χ3n) is 9.00. The molecule has 3 aromatic rings. The van der Waals surface area contributed by atoms with Crippen molar-refractivity contribution in [1.29, 1.82) is 0 Å². The predicted octanol–water partition coefficient (Wildman–Crippen LogP) is 3.19. The molecule has 0 aromatic heterocycles. The van der Waals surface area contributed by atoms with Crippen LogP contribution in [0.15, 0.2) is 94.0 Å². The zero-order chi connectivity index (χ0) is 29.4. The summed E-state index contributed by atoms with van der Waals surface area (Å²) in [5.41, 5.74) is 2.62. The van der Waals surface area contributed by atoms with Crippen molar-refractivity contribution in [2.45, 2.75) is 18.8 Å². The fourth-order valence-corrected chi connectivity index (χ4v) is 7.65. The lowest BCUT2D eigenvalue weighted by Crippen LogP contribution is -2.39. The van der Waals surface area contributed by atoms with Crippen LogP contribution < -0.4 is 10.4 Å². The summed E-state index contributed by atoms with van der Waals surface area (Å²) in [6, 6.07) is 16.6. The van der Waals surface area contributed by atoms with E-state index in [1.54, 1.807) is 30.3 Å². The van der Waals surface area contributed by atoms with Gasteiger partial charge in [0.05, 0.1) is 22.0 Å². The Hall–Kier alpha value is -4.12. The molecule has 208 valence electrons. The standard InChI is InChI=1S/C32H23BBrNO7/c34-24-14-26(37)29-23(30(24)38)13-22-20(27(29)19-10-11-25(36)18-7-2-1-6-17(18)19)8-9-21-28(22)32(40)35(31(21)39)16-5-3-4-15(12-16)33(41)42/h1-8,10-12,14,21-22,27-28,36,41-42H,9,13H2. The van der Waals surface area contributed by atoms with Crippen molar-refractivity contribution in [2.24, 2.45) is 17.8 Å². The molecule has 0 saturated carbocycles. The van der Waals surface area contributed by atoms with Gasteiger partial charge in [-0.05, 0) is 69.3 Å². The maximum Gasteiger partial charge on any atom is 0.488 e. The number of rotatable bonds is 3. The van der Waals surface area contributed by atoms with E-state index in [0.29, 0.717) is 16.5 Å². The van der Waals surface area contributed by atoms with E-state index in [-0.39, 0.29) is 51.7 Å². The first kappa shape index (κ1) is 26.8. The molecule has 4 unspecified atom stereocenters. The summed E-state index contributed by atoms with van der Waals surface area (Å²) in [6.07, 6.45) is 3.63. The maximum absolute atomic E-state index is 14.1. The van der Waals surface area contributed by atoms with Crippen LogP contribution in [-0.4, -0.2) is 45.7 Å². The van der Waals surface area contributed by atoms with Crippen LogP contribution in [0.25, 0.3) is 10.8 Å². The zero-order valence-electron chi connectivity index (χ0n) is 22.0. The van der Waals surface area contributed by atoms with Crippen LogP contribution in [0.4, 0.5) is 5.69 Å². The number of aromatic hydroxyl groups is 1. The largest absolute Gasteiger partial charge is 0.507 e. The Bertz CT molecular complexity index is 1860. The highest BCUT2D eigenvalue weighted by atomic mass is 79.9. The van der Waals surface area contributed by atoms with Gasteiger partial charge in [-0.1, -0.05) is 54.1 Å². The van der Waals surface area contributed by atoms with E-state index >= 15 is 0 Å². The molecule has 1 aliphatic heterocycles. The van der Waals surface area contributed by atoms with Gasteiger partial charge in [-0.15, -0.1) is 0 Å². The SMILES string of the molecule is O=C1C=C(Br)C(=O)C2=C1C(c1ccc(O)c3ccccc13)C1=CCC3C(=O)N(c4cccc(B(O)O)c4)C(=O)C3C1C2. The molecule has 4 atom stereocenters. The van der Waals surface area contributed by atoms with Crippen LogP contribution >= 0.6 is 15.9 Å². The number of hydrogen-bond acceptors (Lipinski definition) is 7. The number of carbonyl (C=O) groups is 4. The van der Waals surface area contributed by atoms with Crippen molar-refractivity contribution in [1.82, 2.24) is 0 Å². The van der Waals surface area contributed by atoms with Crippen molar-refractivity contribution in [3.05, 3.63) is 99.6 Å². The zero-order valence-corrected chi connectivity index (χ0v) is 23.6. The van der Waals surface area contributed by atoms with Gasteiger partial charge in [-0.2, -0.15) is 0 Å². The summed E-state index contributed by atoms with van der Waals surface area (Å²) >= 11 is 3.24. The van der Waals surface area contributed by atoms with Crippen LogP contribution in [-0.2, 0) is 19.2 Å². The Morgan fingerprint density at radius 3 is 2.40 bits per heavy atom. The number of amides is 2. The number of fused-ring (bicyclic) bond motifs is 4. The molecule has 4 aliphatic rings. The van der Waals surface area contributed by atoms with Crippen molar-refractivity contribution in [3.63, 3.8) is 0 Å². The van der Waals surface area contributed by atoms with Crippen molar-refractivity contribution in [2.75, 3.05) is 4.90 Å². The number of imide groups is 1. The van der Waals surface area contributed by atoms with Gasteiger partial charge in [-0.3, -0.25) is 24.1 Å². The highest BCUT2D eigenvalue weighted by Crippen LogP contribution is 2.56. The minimum absolute atomic E-state index is 0.0877. The first-order valence-electron chi connectivity index (χ1n) is 13.6. The van der Waals surface area contributed by atoms with Crippen LogP contribution in [0.2, 0.25) is 0 Å². The van der Waals surface area contributed by atoms with Gasteiger partial charge in [-0.25, -0.2) is 0 Å². The van der Waals surface area contributed by atoms with E-state index in [1.807, 2.05) is 24.3 Å². The Morgan fingerprint density at radius 1 is 0.881 bits per heavy atom. The van der Waals surface area contributed by atoms with Gasteiger partial charge in [0.25, 0.3) is 0 Å². The van der Waals surface area contributed by atoms with E-state index in [9.17, 15) is 34.3 Å². The quantitative estimate of drug-likeness (QED) is 0.177. The molecule has 1 fully saturated rings. The maximum atomic E-state index is 14.1. The molecule has 3 N–H and O–H groups in total. The van der Waals surface area contributed by atoms with E-state index in [2.05, 4.69) is 15.9 Å². The number of halogens is 1. The molecule has 0 radical (unpaired) electrons. The predicted molar refractivity (Wildman–Crippen MR) is 159 cm³/mol. The summed E-state index contributed by atoms with van der Waals surface area (Å²) in [7, 11) is -1.76. The number of ketones is 2. The molecule has 42 heavy (non-hydrogen) atoms. The number of anilines is 1. The average molecular weight is 624 g/mol. The topological polar surface area (TPSA) is 132 Å². The lowest BCUT2D eigenvalue weighted by Gasteiger charge is -2.42. The van der Waals surface area contributed by atoms with Gasteiger partial charge >= 0.3 is 7.12 Å². The van der Waals surface area contributed by atoms with Gasteiger partial charge in [0.2, 0.25) is 11.8 Å². The fourth-order valence-electron chi connectivity index (χ4n) is 7.20. The monoisotopic (exact) mass is 623 g/mol. The number of phenols is 1. The van der Waals surface area contributed by atoms with Gasteiger partial charge < -0.3 is 15.2 Å². The number of benzene rings is 3. The number of nitrogens with zero attached hydrogens (tertiary/aromatic N) is 1. The minimum atomic E-state index is -1.76. The van der Waals surface area contributed by atoms with Gasteiger partial charge in [0.15, 0.2) is 11.6 Å². The molecule has 7 rings (SSSR count). The van der Waals surface area contributed by atoms with Crippen LogP contribution in [0, 0.1) is 17.8 Å². The molecule has 0 spiro atoms. The van der Waals surface area contributed by atoms with Crippen molar-refractivity contribution in [3.8, 4) is 5.75 Å². The van der Waals surface area contributed by atoms with Crippen LogP contribution in [0.5, 0.6) is 5.75 Å². The number of carbonyl (C=O) groups excluding carboxylic acids is 4. The normalized spacial score (nSPS) is 25.3. The summed E-state index contributed by atoms with van der Waals surface area (Å²) in [6.45, 7) is 0. The lowest BCUT2D eigenvalue weighted by molar-refractivity contribution is -0.123. The Morgan fingerprint density at radius 2 is 1.64 bits per heavy atom. The molecule has 8 nitrogen and oxygen atoms in total. The number of Topliss-reactive ketones (excluding diaryl/α,β-unsaturated/α-hetero) is 1. The molecule has 1 heterocycles. The van der Waals surface area contributed by atoms with Gasteiger partial charge in [0, 0.05) is 28.5 Å².